The fourth-order valence-electron chi connectivity index (χ4n) is 4.76. The summed E-state index contributed by atoms with van der Waals surface area (Å²) in [4.78, 5) is 26.2. The maximum atomic E-state index is 14.8. The first-order valence-electron chi connectivity index (χ1n) is 12.5. The van der Waals surface area contributed by atoms with Gasteiger partial charge in [-0.3, -0.25) is 9.59 Å². The Hall–Kier alpha value is -3.56. The van der Waals surface area contributed by atoms with Gasteiger partial charge in [0.1, 0.15) is 24.3 Å². The van der Waals surface area contributed by atoms with Crippen LogP contribution in [0.4, 0.5) is 8.78 Å². The first-order chi connectivity index (χ1) is 18.0. The van der Waals surface area contributed by atoms with Gasteiger partial charge in [0.25, 0.3) is 0 Å². The van der Waals surface area contributed by atoms with Crippen LogP contribution in [0.5, 0.6) is 0 Å². The summed E-state index contributed by atoms with van der Waals surface area (Å²) in [5, 5.41) is 22.1. The number of aliphatic hydroxyl groups is 1. The van der Waals surface area contributed by atoms with Crippen LogP contribution in [0.15, 0.2) is 60.8 Å². The van der Waals surface area contributed by atoms with Crippen LogP contribution in [0.1, 0.15) is 44.5 Å². The van der Waals surface area contributed by atoms with Crippen molar-refractivity contribution >= 4 is 11.9 Å². The molecule has 0 aliphatic carbocycles. The van der Waals surface area contributed by atoms with E-state index in [1.165, 1.54) is 11.9 Å². The van der Waals surface area contributed by atoms with Gasteiger partial charge in [-0.1, -0.05) is 51.1 Å². The van der Waals surface area contributed by atoms with Gasteiger partial charge in [-0.15, -0.1) is 0 Å². The third kappa shape index (κ3) is 6.85. The molecule has 9 heteroatoms. The molecule has 3 rings (SSSR count). The first kappa shape index (κ1) is 29.0. The minimum atomic E-state index is -1.05. The number of hydrogen-bond acceptors (Lipinski definition) is 4. The normalized spacial score (nSPS) is 13.2. The second-order valence-electron chi connectivity index (χ2n) is 10.4. The number of carbonyl (C=O) groups is 2. The summed E-state index contributed by atoms with van der Waals surface area (Å²) in [5.41, 5.74) is 1.57. The van der Waals surface area contributed by atoms with Crippen molar-refractivity contribution in [1.82, 2.24) is 14.8 Å². The van der Waals surface area contributed by atoms with E-state index in [9.17, 15) is 28.6 Å². The standard InChI is InChI=1S/C29H35F2N3O4/c1-29(2,3)27(34(26(36)18-35)13-12-24(32-4)28(37)38)25-14-20(22-15-21(30)10-11-23(22)31)17-33(25)16-19-8-6-5-7-9-19/h5-11,14-15,17,24,27,32,35H,12-13,16,18H2,1-4H3,(H,37,38). The number of likely N-dealkylation sites (N-methyl/N-ethyl adjacent to an activating group) is 1. The number of aliphatic hydroxyl groups excluding tert-OH is 1. The Morgan fingerprint density at radius 1 is 1.08 bits per heavy atom. The Labute approximate surface area is 221 Å². The van der Waals surface area contributed by atoms with E-state index >= 15 is 0 Å². The molecule has 204 valence electrons. The van der Waals surface area contributed by atoms with Gasteiger partial charge in [0.05, 0.1) is 6.04 Å². The highest BCUT2D eigenvalue weighted by atomic mass is 19.1. The van der Waals surface area contributed by atoms with Crippen molar-refractivity contribution in [3.8, 4) is 11.1 Å². The largest absolute Gasteiger partial charge is 0.480 e. The monoisotopic (exact) mass is 527 g/mol. The number of carboxylic acid groups (broad SMARTS) is 1. The molecule has 0 saturated heterocycles. The number of hydrogen-bond donors (Lipinski definition) is 3. The van der Waals surface area contributed by atoms with E-state index in [-0.39, 0.29) is 18.5 Å². The highest BCUT2D eigenvalue weighted by Gasteiger charge is 2.37. The maximum absolute atomic E-state index is 14.8. The number of benzene rings is 2. The molecule has 3 N–H and O–H groups in total. The number of amides is 1. The average molecular weight is 528 g/mol. The van der Waals surface area contributed by atoms with Crippen LogP contribution in [0.25, 0.3) is 11.1 Å². The predicted octanol–water partition coefficient (Wildman–Crippen LogP) is 4.45. The molecule has 0 spiro atoms. The van der Waals surface area contributed by atoms with E-state index < -0.39 is 47.6 Å². The second kappa shape index (κ2) is 12.3. The molecule has 0 radical (unpaired) electrons. The summed E-state index contributed by atoms with van der Waals surface area (Å²) in [6.07, 6.45) is 1.84. The van der Waals surface area contributed by atoms with Gasteiger partial charge in [-0.25, -0.2) is 8.78 Å². The minimum absolute atomic E-state index is 0.0549. The summed E-state index contributed by atoms with van der Waals surface area (Å²) in [6.45, 7) is 5.50. The van der Waals surface area contributed by atoms with Crippen molar-refractivity contribution in [3.05, 3.63) is 83.7 Å². The molecule has 0 aliphatic rings. The van der Waals surface area contributed by atoms with Gasteiger partial charge in [0, 0.05) is 36.1 Å². The van der Waals surface area contributed by atoms with Gasteiger partial charge in [0.15, 0.2) is 0 Å². The molecule has 1 amide bonds. The number of nitrogens with one attached hydrogen (secondary N) is 1. The smallest absolute Gasteiger partial charge is 0.320 e. The van der Waals surface area contributed by atoms with Crippen LogP contribution < -0.4 is 5.32 Å². The zero-order valence-corrected chi connectivity index (χ0v) is 22.1. The molecular formula is C29H35F2N3O4. The lowest BCUT2D eigenvalue weighted by molar-refractivity contribution is -0.143. The van der Waals surface area contributed by atoms with E-state index in [2.05, 4.69) is 5.32 Å². The van der Waals surface area contributed by atoms with Crippen molar-refractivity contribution in [2.45, 2.75) is 45.8 Å². The number of nitrogens with zero attached hydrogens (tertiary/aromatic N) is 2. The highest BCUT2D eigenvalue weighted by Crippen LogP contribution is 2.41. The minimum Gasteiger partial charge on any atom is -0.480 e. The number of carboxylic acids is 1. The quantitative estimate of drug-likeness (QED) is 0.343. The van der Waals surface area contributed by atoms with Gasteiger partial charge in [-0.2, -0.15) is 0 Å². The molecule has 0 aliphatic heterocycles. The van der Waals surface area contributed by atoms with E-state index in [0.717, 1.165) is 23.8 Å². The van der Waals surface area contributed by atoms with Crippen LogP contribution >= 0.6 is 0 Å². The summed E-state index contributed by atoms with van der Waals surface area (Å²) < 4.78 is 30.8. The van der Waals surface area contributed by atoms with E-state index in [1.807, 2.05) is 55.7 Å². The molecule has 1 heterocycles. The number of halogens is 2. The SMILES string of the molecule is CNC(CCN(C(=O)CO)C(c1cc(-c2cc(F)ccc2F)cn1Cc1ccccc1)C(C)(C)C)C(=O)O. The zero-order valence-electron chi connectivity index (χ0n) is 22.1. The Morgan fingerprint density at radius 3 is 2.34 bits per heavy atom. The molecular weight excluding hydrogens is 492 g/mol. The molecule has 0 saturated carbocycles. The Kier molecular flexibility index (Phi) is 9.40. The molecule has 38 heavy (non-hydrogen) atoms. The third-order valence-corrected chi connectivity index (χ3v) is 6.54. The number of aliphatic carboxylic acids is 1. The van der Waals surface area contributed by atoms with Crippen molar-refractivity contribution in [1.29, 1.82) is 0 Å². The molecule has 3 aromatic rings. The van der Waals surface area contributed by atoms with Gasteiger partial charge in [0.2, 0.25) is 5.91 Å². The van der Waals surface area contributed by atoms with Crippen molar-refractivity contribution < 1.29 is 28.6 Å². The van der Waals surface area contributed by atoms with Gasteiger partial charge >= 0.3 is 5.97 Å². The van der Waals surface area contributed by atoms with Crippen LogP contribution in [0.2, 0.25) is 0 Å². The molecule has 7 nitrogen and oxygen atoms in total. The van der Waals surface area contributed by atoms with Crippen molar-refractivity contribution in [2.24, 2.45) is 5.41 Å². The zero-order chi connectivity index (χ0) is 28.0. The van der Waals surface area contributed by atoms with Crippen LogP contribution in [-0.4, -0.2) is 57.8 Å². The Bertz CT molecular complexity index is 1250. The van der Waals surface area contributed by atoms with E-state index in [4.69, 9.17) is 0 Å². The topological polar surface area (TPSA) is 94.8 Å². The van der Waals surface area contributed by atoms with Crippen LogP contribution in [0, 0.1) is 17.0 Å². The Morgan fingerprint density at radius 2 is 1.76 bits per heavy atom. The average Bonchev–Trinajstić information content (AvgIpc) is 3.26. The van der Waals surface area contributed by atoms with Crippen molar-refractivity contribution in [3.63, 3.8) is 0 Å². The fraction of sp³-hybridized carbons (Fsp3) is 0.379. The van der Waals surface area contributed by atoms with Gasteiger partial charge < -0.3 is 25.0 Å². The lowest BCUT2D eigenvalue weighted by Gasteiger charge is -2.41. The van der Waals surface area contributed by atoms with E-state index in [1.54, 1.807) is 12.3 Å². The summed E-state index contributed by atoms with van der Waals surface area (Å²) in [6, 6.07) is 13.1. The van der Waals surface area contributed by atoms with Crippen LogP contribution in [0.3, 0.4) is 0 Å². The number of rotatable bonds is 11. The lowest BCUT2D eigenvalue weighted by Crippen LogP contribution is -2.46. The summed E-state index contributed by atoms with van der Waals surface area (Å²) in [5.74, 6) is -2.76. The number of carbonyl (C=O) groups excluding carboxylic acids is 1. The molecule has 0 fully saturated rings. The molecule has 1 aromatic heterocycles. The predicted molar refractivity (Wildman–Crippen MR) is 141 cm³/mol. The highest BCUT2D eigenvalue weighted by molar-refractivity contribution is 5.78. The fourth-order valence-corrected chi connectivity index (χ4v) is 4.76. The van der Waals surface area contributed by atoms with Gasteiger partial charge in [-0.05, 0) is 48.7 Å². The molecule has 2 atom stereocenters. The van der Waals surface area contributed by atoms with Crippen molar-refractivity contribution in [2.75, 3.05) is 20.2 Å². The van der Waals surface area contributed by atoms with Crippen LogP contribution in [-0.2, 0) is 16.1 Å². The van der Waals surface area contributed by atoms with E-state index in [0.29, 0.717) is 17.8 Å². The maximum Gasteiger partial charge on any atom is 0.320 e. The lowest BCUT2D eigenvalue weighted by atomic mass is 9.82. The summed E-state index contributed by atoms with van der Waals surface area (Å²) >= 11 is 0. The molecule has 2 unspecified atom stereocenters. The number of aromatic nitrogens is 1. The summed E-state index contributed by atoms with van der Waals surface area (Å²) in [7, 11) is 1.53. The molecule has 0 bridgehead atoms. The molecule has 2 aromatic carbocycles. The second-order valence-corrected chi connectivity index (χ2v) is 10.4. The first-order valence-corrected chi connectivity index (χ1v) is 12.5. The Balaban J connectivity index is 2.18. The third-order valence-electron chi connectivity index (χ3n) is 6.54.